The summed E-state index contributed by atoms with van der Waals surface area (Å²) in [6, 6.07) is 14.9. The van der Waals surface area contributed by atoms with Crippen molar-refractivity contribution in [3.8, 4) is 0 Å². The Balaban J connectivity index is 1.99. The number of hydrogen-bond donors (Lipinski definition) is 0. The highest BCUT2D eigenvalue weighted by atomic mass is 32.1. The molecule has 0 saturated carbocycles. The fraction of sp³-hybridized carbons (Fsp3) is 0.0526. The predicted molar refractivity (Wildman–Crippen MR) is 99.9 cm³/mol. The van der Waals surface area contributed by atoms with E-state index in [1.807, 2.05) is 18.5 Å². The van der Waals surface area contributed by atoms with Crippen molar-refractivity contribution in [3.05, 3.63) is 54.9 Å². The van der Waals surface area contributed by atoms with E-state index in [1.54, 1.807) is 11.3 Å². The second kappa shape index (κ2) is 4.13. The highest BCUT2D eigenvalue weighted by molar-refractivity contribution is 7.26. The van der Waals surface area contributed by atoms with Crippen molar-refractivity contribution in [1.29, 1.82) is 0 Å². The fourth-order valence-corrected chi connectivity index (χ4v) is 4.93. The number of aryl methyl sites for hydroxylation is 1. The first-order chi connectivity index (χ1) is 11.8. The maximum atomic E-state index is 4.83. The van der Waals surface area contributed by atoms with Crippen molar-refractivity contribution in [1.82, 2.24) is 18.9 Å². The monoisotopic (exact) mass is 328 g/mol. The van der Waals surface area contributed by atoms with Gasteiger partial charge in [-0.15, -0.1) is 11.3 Å². The van der Waals surface area contributed by atoms with Crippen LogP contribution in [0.1, 0.15) is 0 Å². The predicted octanol–water partition coefficient (Wildman–Crippen LogP) is 4.74. The molecule has 0 atom stereocenters. The molecule has 2 aromatic carbocycles. The molecule has 0 N–H and O–H groups in total. The average molecular weight is 328 g/mol. The molecule has 4 aromatic heterocycles. The third-order valence-corrected chi connectivity index (χ3v) is 5.99. The van der Waals surface area contributed by atoms with E-state index in [4.69, 9.17) is 4.98 Å². The average Bonchev–Trinajstić information content (AvgIpc) is 3.25. The van der Waals surface area contributed by atoms with Gasteiger partial charge in [0.15, 0.2) is 0 Å². The molecule has 114 valence electrons. The van der Waals surface area contributed by atoms with Crippen LogP contribution >= 0.6 is 11.3 Å². The van der Waals surface area contributed by atoms with Gasteiger partial charge in [-0.2, -0.15) is 0 Å². The first-order valence-corrected chi connectivity index (χ1v) is 8.65. The molecule has 0 amide bonds. The Hall–Kier alpha value is -2.92. The molecule has 0 bridgehead atoms. The van der Waals surface area contributed by atoms with Crippen LogP contribution in [0.3, 0.4) is 0 Å². The van der Waals surface area contributed by atoms with Gasteiger partial charge in [0, 0.05) is 30.2 Å². The Morgan fingerprint density at radius 3 is 2.83 bits per heavy atom. The topological polar surface area (TPSA) is 35.1 Å². The molecule has 0 aliphatic heterocycles. The van der Waals surface area contributed by atoms with Gasteiger partial charge >= 0.3 is 0 Å². The van der Waals surface area contributed by atoms with Gasteiger partial charge in [-0.05, 0) is 24.3 Å². The first kappa shape index (κ1) is 12.5. The van der Waals surface area contributed by atoms with E-state index in [0.717, 1.165) is 16.8 Å². The molecule has 6 aromatic rings. The molecule has 4 nitrogen and oxygen atoms in total. The maximum Gasteiger partial charge on any atom is 0.215 e. The standard InChI is InChI=1S/C19H12N4S/c1-22-15-7-6-12-11-8-9-20-10-16(11)24-18(12)17(15)23-14-5-3-2-4-13(14)21-19(22)23/h2-10H,1H3. The molecule has 6 rings (SSSR count). The number of fused-ring (bicyclic) bond motifs is 9. The summed E-state index contributed by atoms with van der Waals surface area (Å²) in [4.78, 5) is 9.11. The molecular weight excluding hydrogens is 316 g/mol. The Kier molecular flexibility index (Phi) is 2.15. The zero-order chi connectivity index (χ0) is 15.8. The number of imidazole rings is 2. The number of nitrogens with zero attached hydrogens (tertiary/aromatic N) is 4. The fourth-order valence-electron chi connectivity index (χ4n) is 3.72. The van der Waals surface area contributed by atoms with Crippen molar-refractivity contribution < 1.29 is 0 Å². The molecule has 0 spiro atoms. The molecule has 0 unspecified atom stereocenters. The van der Waals surface area contributed by atoms with Gasteiger partial charge in [0.25, 0.3) is 0 Å². The highest BCUT2D eigenvalue weighted by Crippen LogP contribution is 2.39. The summed E-state index contributed by atoms with van der Waals surface area (Å²) in [5.41, 5.74) is 4.63. The summed E-state index contributed by atoms with van der Waals surface area (Å²) in [7, 11) is 2.09. The second-order valence-corrected chi connectivity index (χ2v) is 7.13. The van der Waals surface area contributed by atoms with Gasteiger partial charge in [-0.3, -0.25) is 9.38 Å². The Morgan fingerprint density at radius 2 is 1.88 bits per heavy atom. The van der Waals surface area contributed by atoms with E-state index in [-0.39, 0.29) is 0 Å². The first-order valence-electron chi connectivity index (χ1n) is 7.84. The summed E-state index contributed by atoms with van der Waals surface area (Å²) in [6.07, 6.45) is 3.82. The second-order valence-electron chi connectivity index (χ2n) is 6.08. The lowest BCUT2D eigenvalue weighted by molar-refractivity contribution is 0.974. The molecule has 0 aliphatic carbocycles. The summed E-state index contributed by atoms with van der Waals surface area (Å²) >= 11 is 1.81. The van der Waals surface area contributed by atoms with Crippen LogP contribution < -0.4 is 0 Å². The third kappa shape index (κ3) is 1.35. The maximum absolute atomic E-state index is 4.83. The summed E-state index contributed by atoms with van der Waals surface area (Å²) < 4.78 is 6.98. The summed E-state index contributed by atoms with van der Waals surface area (Å²) in [5.74, 6) is 0.981. The van der Waals surface area contributed by atoms with Crippen LogP contribution in [0.2, 0.25) is 0 Å². The minimum atomic E-state index is 0.981. The zero-order valence-electron chi connectivity index (χ0n) is 12.9. The van der Waals surface area contributed by atoms with Gasteiger partial charge in [-0.25, -0.2) is 4.98 Å². The number of benzene rings is 2. The van der Waals surface area contributed by atoms with Crippen LogP contribution in [0.25, 0.3) is 48.0 Å². The van der Waals surface area contributed by atoms with Crippen molar-refractivity contribution in [2.75, 3.05) is 0 Å². The molecule has 4 heterocycles. The van der Waals surface area contributed by atoms with E-state index < -0.39 is 0 Å². The molecule has 0 saturated heterocycles. The number of rotatable bonds is 0. The Bertz CT molecular complexity index is 1420. The minimum absolute atomic E-state index is 0.981. The zero-order valence-corrected chi connectivity index (χ0v) is 13.7. The Labute approximate surface area is 140 Å². The van der Waals surface area contributed by atoms with Gasteiger partial charge in [-0.1, -0.05) is 18.2 Å². The van der Waals surface area contributed by atoms with E-state index in [9.17, 15) is 0 Å². The number of para-hydroxylation sites is 2. The summed E-state index contributed by atoms with van der Waals surface area (Å²) in [5, 5.41) is 2.56. The molecule has 0 radical (unpaired) electrons. The molecule has 24 heavy (non-hydrogen) atoms. The van der Waals surface area contributed by atoms with Crippen LogP contribution in [-0.2, 0) is 7.05 Å². The SMILES string of the molecule is Cn1c2ccc3c4ccncc4sc3c2n2c3ccccc3nc12. The minimum Gasteiger partial charge on any atom is -0.313 e. The van der Waals surface area contributed by atoms with Crippen molar-refractivity contribution in [2.24, 2.45) is 7.05 Å². The third-order valence-electron chi connectivity index (χ3n) is 4.82. The smallest absolute Gasteiger partial charge is 0.215 e. The van der Waals surface area contributed by atoms with E-state index in [1.165, 1.54) is 31.2 Å². The molecule has 0 aliphatic rings. The van der Waals surface area contributed by atoms with Crippen LogP contribution in [0.5, 0.6) is 0 Å². The van der Waals surface area contributed by atoms with Crippen molar-refractivity contribution in [2.45, 2.75) is 0 Å². The molecule has 0 fully saturated rings. The molecular formula is C19H12N4S. The normalized spacial score (nSPS) is 12.4. The number of thiophene rings is 1. The van der Waals surface area contributed by atoms with Crippen LogP contribution in [0.4, 0.5) is 0 Å². The van der Waals surface area contributed by atoms with E-state index in [2.05, 4.69) is 57.4 Å². The van der Waals surface area contributed by atoms with Crippen LogP contribution in [0.15, 0.2) is 54.9 Å². The van der Waals surface area contributed by atoms with E-state index in [0.29, 0.717) is 0 Å². The van der Waals surface area contributed by atoms with Gasteiger partial charge in [0.1, 0.15) is 0 Å². The quantitative estimate of drug-likeness (QED) is 0.403. The van der Waals surface area contributed by atoms with Gasteiger partial charge in [0.05, 0.1) is 31.5 Å². The largest absolute Gasteiger partial charge is 0.313 e. The van der Waals surface area contributed by atoms with Crippen molar-refractivity contribution >= 4 is 59.4 Å². The number of pyridine rings is 1. The lowest BCUT2D eigenvalue weighted by atomic mass is 10.1. The lowest BCUT2D eigenvalue weighted by Gasteiger charge is -1.98. The summed E-state index contributed by atoms with van der Waals surface area (Å²) in [6.45, 7) is 0. The van der Waals surface area contributed by atoms with Gasteiger partial charge in [0.2, 0.25) is 5.78 Å². The van der Waals surface area contributed by atoms with Crippen molar-refractivity contribution in [3.63, 3.8) is 0 Å². The number of hydrogen-bond acceptors (Lipinski definition) is 3. The van der Waals surface area contributed by atoms with E-state index >= 15 is 0 Å². The Morgan fingerprint density at radius 1 is 0.958 bits per heavy atom. The highest BCUT2D eigenvalue weighted by Gasteiger charge is 2.18. The van der Waals surface area contributed by atoms with Crippen LogP contribution in [0, 0.1) is 0 Å². The number of aromatic nitrogens is 4. The molecule has 5 heteroatoms. The van der Waals surface area contributed by atoms with Crippen LogP contribution in [-0.4, -0.2) is 18.9 Å². The van der Waals surface area contributed by atoms with Gasteiger partial charge < -0.3 is 4.57 Å². The lowest BCUT2D eigenvalue weighted by Crippen LogP contribution is -1.87.